The fourth-order valence-electron chi connectivity index (χ4n) is 4.18. The van der Waals surface area contributed by atoms with E-state index in [1.165, 1.54) is 12.8 Å². The van der Waals surface area contributed by atoms with Crippen LogP contribution < -0.4 is 4.72 Å². The van der Waals surface area contributed by atoms with Crippen LogP contribution in [0.4, 0.5) is 4.39 Å². The number of alkyl halides is 1. The van der Waals surface area contributed by atoms with Crippen molar-refractivity contribution >= 4 is 11.9 Å². The molecule has 3 unspecified atom stereocenters. The predicted octanol–water partition coefficient (Wildman–Crippen LogP) is 5.54. The molecule has 0 heterocycles. The lowest BCUT2D eigenvalue weighted by Crippen LogP contribution is -2.51. The van der Waals surface area contributed by atoms with Gasteiger partial charge in [0.15, 0.2) is 0 Å². The Morgan fingerprint density at radius 1 is 1.33 bits per heavy atom. The molecule has 0 radical (unpaired) electrons. The quantitative estimate of drug-likeness (QED) is 0.499. The molecule has 0 aromatic carbocycles. The van der Waals surface area contributed by atoms with Crippen molar-refractivity contribution in [3.63, 3.8) is 0 Å². The lowest BCUT2D eigenvalue weighted by atomic mass is 9.62. The van der Waals surface area contributed by atoms with Gasteiger partial charge >= 0.3 is 0 Å². The summed E-state index contributed by atoms with van der Waals surface area (Å²) in [5.74, 6) is 2.98. The van der Waals surface area contributed by atoms with Crippen molar-refractivity contribution in [2.45, 2.75) is 71.9 Å². The molecule has 0 aromatic rings. The summed E-state index contributed by atoms with van der Waals surface area (Å²) in [4.78, 5) is 0. The zero-order chi connectivity index (χ0) is 18.8. The van der Waals surface area contributed by atoms with E-state index in [2.05, 4.69) is 24.3 Å². The van der Waals surface area contributed by atoms with Crippen LogP contribution in [0.5, 0.6) is 0 Å². The number of nitrogens with one attached hydrogen (secondary N) is 1. The summed E-state index contributed by atoms with van der Waals surface area (Å²) in [5.41, 5.74) is 0.703. The minimum Gasteiger partial charge on any atom is -0.390 e. The van der Waals surface area contributed by atoms with Crippen LogP contribution in [-0.4, -0.2) is 29.7 Å². The molecule has 0 aliphatic heterocycles. The molecule has 2 aliphatic rings. The minimum atomic E-state index is -0.452. The van der Waals surface area contributed by atoms with Crippen LogP contribution in [0.2, 0.25) is 0 Å². The first kappa shape index (κ1) is 23.7. The number of rotatable bonds is 5. The van der Waals surface area contributed by atoms with Crippen molar-refractivity contribution in [2.75, 3.05) is 12.9 Å². The highest BCUT2D eigenvalue weighted by Crippen LogP contribution is 2.46. The average Bonchev–Trinajstić information content (AvgIpc) is 2.53. The van der Waals surface area contributed by atoms with E-state index in [1.54, 1.807) is 11.9 Å². The van der Waals surface area contributed by atoms with E-state index >= 15 is 0 Å². The number of hydrogen-bond donors (Lipinski definition) is 2. The Kier molecular flexibility index (Phi) is 11.9. The zero-order valence-corrected chi connectivity index (χ0v) is 17.3. The van der Waals surface area contributed by atoms with Gasteiger partial charge in [0, 0.05) is 11.8 Å². The molecule has 5 atom stereocenters. The Bertz CT molecular complexity index is 382. The van der Waals surface area contributed by atoms with E-state index < -0.39 is 5.60 Å². The van der Waals surface area contributed by atoms with Gasteiger partial charge in [0.25, 0.3) is 0 Å². The van der Waals surface area contributed by atoms with E-state index in [4.69, 9.17) is 0 Å². The van der Waals surface area contributed by atoms with E-state index in [0.717, 1.165) is 30.1 Å². The number of aliphatic hydroxyl groups is 1. The molecule has 0 saturated heterocycles. The second-order valence-corrected chi connectivity index (χ2v) is 7.88. The van der Waals surface area contributed by atoms with Crippen molar-refractivity contribution in [2.24, 2.45) is 17.8 Å². The SMILES string of the molecule is C=C(/C=C\C)CSN[C@H]1C(C)CC2CC1C[C@](C)(O)C2.CC.CF. The molecule has 2 fully saturated rings. The smallest absolute Gasteiger partial charge is 0.0785 e. The molecule has 0 amide bonds. The van der Waals surface area contributed by atoms with Crippen LogP contribution in [0.3, 0.4) is 0 Å². The van der Waals surface area contributed by atoms with Crippen molar-refractivity contribution < 1.29 is 9.50 Å². The summed E-state index contributed by atoms with van der Waals surface area (Å²) in [6.07, 6.45) is 8.58. The maximum absolute atomic E-state index is 10.4. The Hall–Kier alpha value is -0.320. The first-order valence-electron chi connectivity index (χ1n) is 9.19. The average molecular weight is 360 g/mol. The van der Waals surface area contributed by atoms with Crippen LogP contribution in [0.15, 0.2) is 24.3 Å². The Morgan fingerprint density at radius 2 is 1.96 bits per heavy atom. The van der Waals surface area contributed by atoms with Crippen molar-refractivity contribution in [3.05, 3.63) is 24.3 Å². The van der Waals surface area contributed by atoms with Crippen molar-refractivity contribution in [1.29, 1.82) is 0 Å². The third-order valence-electron chi connectivity index (χ3n) is 4.77. The van der Waals surface area contributed by atoms with E-state index in [-0.39, 0.29) is 0 Å². The third kappa shape index (κ3) is 7.71. The number of hydrogen-bond acceptors (Lipinski definition) is 3. The molecule has 4 heteroatoms. The normalized spacial score (nSPS) is 34.7. The molecule has 0 spiro atoms. The molecule has 2 rings (SSSR count). The van der Waals surface area contributed by atoms with Crippen molar-refractivity contribution in [1.82, 2.24) is 4.72 Å². The van der Waals surface area contributed by atoms with Gasteiger partial charge in [-0.1, -0.05) is 51.5 Å². The summed E-state index contributed by atoms with van der Waals surface area (Å²) in [7, 11) is 0.500. The van der Waals surface area contributed by atoms with E-state index in [1.807, 2.05) is 33.8 Å². The van der Waals surface area contributed by atoms with E-state index in [0.29, 0.717) is 25.1 Å². The predicted molar refractivity (Wildman–Crippen MR) is 107 cm³/mol. The monoisotopic (exact) mass is 359 g/mol. The summed E-state index contributed by atoms with van der Waals surface area (Å²) in [6.45, 7) is 14.4. The highest BCUT2D eigenvalue weighted by atomic mass is 32.2. The highest BCUT2D eigenvalue weighted by Gasteiger charge is 2.44. The molecule has 2 bridgehead atoms. The standard InChI is InChI=1S/C17H29NOS.C2H6.CH3F/c1-5-6-12(2)11-20-18-16-13(3)7-14-8-15(16)10-17(4,19)9-14;2*1-2/h5-6,13-16,18-19H,2,7-11H2,1,3-4H3;1-2H3;1H3/b6-5-;;/t13?,14?,15?,16-,17+;;/m0../s1. The van der Waals surface area contributed by atoms with Crippen molar-refractivity contribution in [3.8, 4) is 0 Å². The zero-order valence-electron chi connectivity index (χ0n) is 16.4. The van der Waals surface area contributed by atoms with Gasteiger partial charge in [-0.2, -0.15) is 0 Å². The van der Waals surface area contributed by atoms with Gasteiger partial charge in [-0.05, 0) is 62.9 Å². The number of fused-ring (bicyclic) bond motifs is 2. The first-order chi connectivity index (χ1) is 11.4. The number of allylic oxidation sites excluding steroid dienone is 2. The maximum Gasteiger partial charge on any atom is 0.0785 e. The van der Waals surface area contributed by atoms with E-state index in [9.17, 15) is 9.50 Å². The van der Waals surface area contributed by atoms with Gasteiger partial charge in [0.2, 0.25) is 0 Å². The molecule has 2 aliphatic carbocycles. The van der Waals surface area contributed by atoms with Crippen LogP contribution in [0.25, 0.3) is 0 Å². The van der Waals surface area contributed by atoms with Gasteiger partial charge in [0.1, 0.15) is 0 Å². The molecular formula is C20H38FNOS. The molecule has 0 aromatic heterocycles. The van der Waals surface area contributed by atoms with Gasteiger partial charge in [-0.15, -0.1) is 0 Å². The molecule has 2 N–H and O–H groups in total. The lowest BCUT2D eigenvalue weighted by molar-refractivity contribution is -0.0546. The lowest BCUT2D eigenvalue weighted by Gasteiger charge is -2.49. The highest BCUT2D eigenvalue weighted by molar-refractivity contribution is 7.97. The van der Waals surface area contributed by atoms with Crippen LogP contribution >= 0.6 is 11.9 Å². The molecule has 24 heavy (non-hydrogen) atoms. The van der Waals surface area contributed by atoms with Crippen LogP contribution in [0, 0.1) is 17.8 Å². The Morgan fingerprint density at radius 3 is 2.54 bits per heavy atom. The molecular weight excluding hydrogens is 321 g/mol. The summed E-state index contributed by atoms with van der Waals surface area (Å²) >= 11 is 1.77. The van der Waals surface area contributed by atoms with Gasteiger partial charge in [0.05, 0.1) is 12.8 Å². The minimum absolute atomic E-state index is 0.452. The Balaban J connectivity index is 0.00000123. The Labute approximate surface area is 153 Å². The molecule has 2 saturated carbocycles. The van der Waals surface area contributed by atoms with Gasteiger partial charge in [-0.3, -0.25) is 9.11 Å². The van der Waals surface area contributed by atoms with Gasteiger partial charge in [-0.25, -0.2) is 0 Å². The van der Waals surface area contributed by atoms with Gasteiger partial charge < -0.3 is 5.11 Å². The summed E-state index contributed by atoms with van der Waals surface area (Å²) in [6, 6.07) is 0.529. The summed E-state index contributed by atoms with van der Waals surface area (Å²) in [5, 5.41) is 10.4. The molecule has 142 valence electrons. The van der Waals surface area contributed by atoms with Crippen LogP contribution in [0.1, 0.15) is 60.3 Å². The second-order valence-electron chi connectivity index (χ2n) is 7.07. The third-order valence-corrected chi connectivity index (χ3v) is 5.73. The fraction of sp³-hybridized carbons (Fsp3) is 0.800. The largest absolute Gasteiger partial charge is 0.390 e. The van der Waals surface area contributed by atoms with Crippen LogP contribution in [-0.2, 0) is 0 Å². The maximum atomic E-state index is 10.4. The number of halogens is 1. The summed E-state index contributed by atoms with van der Waals surface area (Å²) < 4.78 is 13.2. The fourth-order valence-corrected chi connectivity index (χ4v) is 5.16. The first-order valence-corrected chi connectivity index (χ1v) is 10.2. The molecule has 2 nitrogen and oxygen atoms in total. The second kappa shape index (κ2) is 12.1. The topological polar surface area (TPSA) is 32.3 Å².